The zero-order valence-corrected chi connectivity index (χ0v) is 13.3. The molecule has 0 radical (unpaired) electrons. The van der Waals surface area contributed by atoms with Gasteiger partial charge in [0.15, 0.2) is 0 Å². The molecule has 1 aliphatic heterocycles. The van der Waals surface area contributed by atoms with E-state index in [1.807, 2.05) is 6.92 Å². The van der Waals surface area contributed by atoms with Crippen LogP contribution < -0.4 is 5.56 Å². The van der Waals surface area contributed by atoms with Gasteiger partial charge in [-0.1, -0.05) is 13.3 Å². The molecule has 0 saturated heterocycles. The average Bonchev–Trinajstić information content (AvgIpc) is 2.54. The molecule has 120 valence electrons. The Balaban J connectivity index is 1.89. The van der Waals surface area contributed by atoms with Crippen LogP contribution in [0, 0.1) is 6.92 Å². The number of aryl methyl sites for hydroxylation is 2. The van der Waals surface area contributed by atoms with Crippen LogP contribution in [0.4, 0.5) is 0 Å². The summed E-state index contributed by atoms with van der Waals surface area (Å²) < 4.78 is 0. The smallest absolute Gasteiger partial charge is 0.257 e. The number of aromatic nitrogens is 4. The third kappa shape index (κ3) is 2.99. The van der Waals surface area contributed by atoms with Crippen molar-refractivity contribution < 1.29 is 4.79 Å². The first-order valence-corrected chi connectivity index (χ1v) is 7.77. The number of carbonyl (C=O) groups excluding carboxylic acids is 1. The molecule has 1 amide bonds. The maximum Gasteiger partial charge on any atom is 0.257 e. The van der Waals surface area contributed by atoms with Gasteiger partial charge in [-0.2, -0.15) is 0 Å². The van der Waals surface area contributed by atoms with Crippen molar-refractivity contribution in [3.8, 4) is 0 Å². The number of nitrogens with one attached hydrogen (secondary N) is 1. The predicted octanol–water partition coefficient (Wildman–Crippen LogP) is 1.02. The summed E-state index contributed by atoms with van der Waals surface area (Å²) in [6, 6.07) is 0. The molecule has 2 aromatic heterocycles. The van der Waals surface area contributed by atoms with Gasteiger partial charge in [0, 0.05) is 18.3 Å². The van der Waals surface area contributed by atoms with Crippen molar-refractivity contribution in [1.29, 1.82) is 0 Å². The second kappa shape index (κ2) is 6.28. The van der Waals surface area contributed by atoms with Crippen LogP contribution in [-0.4, -0.2) is 37.3 Å². The summed E-state index contributed by atoms with van der Waals surface area (Å²) in [6.07, 6.45) is 5.21. The fourth-order valence-electron chi connectivity index (χ4n) is 2.88. The van der Waals surface area contributed by atoms with Crippen molar-refractivity contribution in [2.24, 2.45) is 0 Å². The number of carbonyl (C=O) groups is 1. The zero-order chi connectivity index (χ0) is 16.4. The molecular weight excluding hydrogens is 294 g/mol. The van der Waals surface area contributed by atoms with Crippen molar-refractivity contribution in [3.63, 3.8) is 0 Å². The van der Waals surface area contributed by atoms with E-state index in [9.17, 15) is 9.59 Å². The van der Waals surface area contributed by atoms with Crippen molar-refractivity contribution in [3.05, 3.63) is 51.2 Å². The van der Waals surface area contributed by atoms with Gasteiger partial charge in [0.1, 0.15) is 12.2 Å². The first kappa shape index (κ1) is 15.3. The molecule has 0 fully saturated rings. The van der Waals surface area contributed by atoms with Crippen LogP contribution in [-0.2, 0) is 19.4 Å². The van der Waals surface area contributed by atoms with Crippen LogP contribution in [0.1, 0.15) is 46.5 Å². The summed E-state index contributed by atoms with van der Waals surface area (Å²) in [6.45, 7) is 4.64. The highest BCUT2D eigenvalue weighted by Crippen LogP contribution is 2.18. The molecule has 3 rings (SSSR count). The summed E-state index contributed by atoms with van der Waals surface area (Å²) in [5.41, 5.74) is 2.57. The van der Waals surface area contributed by atoms with Crippen molar-refractivity contribution in [1.82, 2.24) is 24.8 Å². The predicted molar refractivity (Wildman–Crippen MR) is 84.1 cm³/mol. The monoisotopic (exact) mass is 313 g/mol. The minimum atomic E-state index is -0.102. The van der Waals surface area contributed by atoms with Gasteiger partial charge in [0.25, 0.3) is 11.5 Å². The third-order valence-electron chi connectivity index (χ3n) is 3.99. The summed E-state index contributed by atoms with van der Waals surface area (Å²) in [4.78, 5) is 41.8. The molecule has 23 heavy (non-hydrogen) atoms. The number of aromatic amines is 1. The second-order valence-electron chi connectivity index (χ2n) is 5.69. The highest BCUT2D eigenvalue weighted by Gasteiger charge is 2.26. The Morgan fingerprint density at radius 2 is 2.26 bits per heavy atom. The lowest BCUT2D eigenvalue weighted by molar-refractivity contribution is 0.0729. The van der Waals surface area contributed by atoms with E-state index in [0.717, 1.165) is 18.5 Å². The van der Waals surface area contributed by atoms with Crippen molar-refractivity contribution >= 4 is 5.91 Å². The number of rotatable bonds is 3. The number of hydrogen-bond donors (Lipinski definition) is 1. The fraction of sp³-hybridized carbons (Fsp3) is 0.438. The molecule has 0 spiro atoms. The number of amides is 1. The normalized spacial score (nSPS) is 13.7. The lowest BCUT2D eigenvalue weighted by atomic mass is 10.0. The third-order valence-corrected chi connectivity index (χ3v) is 3.99. The van der Waals surface area contributed by atoms with Gasteiger partial charge < -0.3 is 9.88 Å². The van der Waals surface area contributed by atoms with Gasteiger partial charge in [-0.15, -0.1) is 0 Å². The molecule has 0 bridgehead atoms. The molecule has 0 atom stereocenters. The van der Waals surface area contributed by atoms with Crippen molar-refractivity contribution in [2.75, 3.05) is 6.54 Å². The van der Waals surface area contributed by atoms with Gasteiger partial charge in [0.05, 0.1) is 23.5 Å². The topological polar surface area (TPSA) is 91.8 Å². The average molecular weight is 313 g/mol. The minimum absolute atomic E-state index is 0.0977. The van der Waals surface area contributed by atoms with Gasteiger partial charge in [0.2, 0.25) is 0 Å². The Kier molecular flexibility index (Phi) is 4.18. The van der Waals surface area contributed by atoms with Gasteiger partial charge >= 0.3 is 0 Å². The quantitative estimate of drug-likeness (QED) is 0.913. The molecule has 0 unspecified atom stereocenters. The van der Waals surface area contributed by atoms with E-state index in [0.29, 0.717) is 42.2 Å². The van der Waals surface area contributed by atoms with Crippen LogP contribution in [0.15, 0.2) is 17.3 Å². The Morgan fingerprint density at radius 1 is 1.43 bits per heavy atom. The number of nitrogens with zero attached hydrogens (tertiary/aromatic N) is 4. The lowest BCUT2D eigenvalue weighted by Crippen LogP contribution is -2.39. The second-order valence-corrected chi connectivity index (χ2v) is 5.69. The number of hydrogen-bond acceptors (Lipinski definition) is 5. The molecule has 1 aliphatic rings. The molecule has 0 aromatic carbocycles. The standard InChI is InChI=1S/C16H19N5O2/c1-3-4-13-12(7-17-9-18-13)16(23)21-6-5-11-14(8-21)19-10(2)20-15(11)22/h7,9H,3-6,8H2,1-2H3,(H,19,20,22). The Labute approximate surface area is 133 Å². The van der Waals surface area contributed by atoms with Crippen LogP contribution in [0.2, 0.25) is 0 Å². The van der Waals surface area contributed by atoms with Crippen LogP contribution in [0.25, 0.3) is 0 Å². The van der Waals surface area contributed by atoms with E-state index in [-0.39, 0.29) is 11.5 Å². The molecule has 0 saturated carbocycles. The highest BCUT2D eigenvalue weighted by atomic mass is 16.2. The van der Waals surface area contributed by atoms with E-state index in [2.05, 4.69) is 19.9 Å². The maximum absolute atomic E-state index is 12.8. The van der Waals surface area contributed by atoms with E-state index >= 15 is 0 Å². The number of H-pyrrole nitrogens is 1. The Hall–Kier alpha value is -2.57. The lowest BCUT2D eigenvalue weighted by Gasteiger charge is -2.28. The summed E-state index contributed by atoms with van der Waals surface area (Å²) in [5, 5.41) is 0. The minimum Gasteiger partial charge on any atom is -0.332 e. The summed E-state index contributed by atoms with van der Waals surface area (Å²) in [7, 11) is 0. The van der Waals surface area contributed by atoms with E-state index in [1.165, 1.54) is 6.33 Å². The highest BCUT2D eigenvalue weighted by molar-refractivity contribution is 5.95. The Morgan fingerprint density at radius 3 is 3.04 bits per heavy atom. The zero-order valence-electron chi connectivity index (χ0n) is 13.3. The molecule has 1 N–H and O–H groups in total. The molecule has 3 heterocycles. The van der Waals surface area contributed by atoms with E-state index in [1.54, 1.807) is 18.0 Å². The summed E-state index contributed by atoms with van der Waals surface area (Å²) >= 11 is 0. The Bertz CT molecular complexity index is 799. The van der Waals surface area contributed by atoms with Crippen LogP contribution in [0.5, 0.6) is 0 Å². The number of fused-ring (bicyclic) bond motifs is 1. The molecular formula is C16H19N5O2. The van der Waals surface area contributed by atoms with Crippen LogP contribution in [0.3, 0.4) is 0 Å². The fourth-order valence-corrected chi connectivity index (χ4v) is 2.88. The first-order valence-electron chi connectivity index (χ1n) is 7.77. The van der Waals surface area contributed by atoms with E-state index < -0.39 is 0 Å². The molecule has 0 aliphatic carbocycles. The van der Waals surface area contributed by atoms with Crippen molar-refractivity contribution in [2.45, 2.75) is 39.7 Å². The van der Waals surface area contributed by atoms with E-state index in [4.69, 9.17) is 0 Å². The molecule has 7 heteroatoms. The largest absolute Gasteiger partial charge is 0.332 e. The SMILES string of the molecule is CCCc1ncncc1C(=O)N1CCc2c(nc(C)[nH]c2=O)C1. The van der Waals surface area contributed by atoms with Gasteiger partial charge in [-0.05, 0) is 19.8 Å². The first-order chi connectivity index (χ1) is 11.1. The van der Waals surface area contributed by atoms with Gasteiger partial charge in [-0.3, -0.25) is 9.59 Å². The van der Waals surface area contributed by atoms with Gasteiger partial charge in [-0.25, -0.2) is 15.0 Å². The summed E-state index contributed by atoms with van der Waals surface area (Å²) in [5.74, 6) is 0.470. The van der Waals surface area contributed by atoms with Crippen LogP contribution >= 0.6 is 0 Å². The maximum atomic E-state index is 12.8. The molecule has 7 nitrogen and oxygen atoms in total. The molecule has 2 aromatic rings.